The van der Waals surface area contributed by atoms with Crippen LogP contribution in [-0.2, 0) is 0 Å². The lowest BCUT2D eigenvalue weighted by Crippen LogP contribution is -2.34. The number of carboxylic acid groups (broad SMARTS) is 1. The highest BCUT2D eigenvalue weighted by Gasteiger charge is 2.23. The van der Waals surface area contributed by atoms with Crippen molar-refractivity contribution in [2.75, 3.05) is 18.0 Å². The second kappa shape index (κ2) is 4.82. The summed E-state index contributed by atoms with van der Waals surface area (Å²) in [4.78, 5) is 12.9. The molecule has 2 heterocycles. The van der Waals surface area contributed by atoms with Gasteiger partial charge in [-0.05, 0) is 30.7 Å². The SMILES string of the molecule is CC(C)C1CCN(c2ccc(C(=O)O)o2)CC1. The van der Waals surface area contributed by atoms with Crippen LogP contribution in [0, 0.1) is 11.8 Å². The van der Waals surface area contributed by atoms with Crippen molar-refractivity contribution in [1.29, 1.82) is 0 Å². The molecule has 17 heavy (non-hydrogen) atoms. The van der Waals surface area contributed by atoms with Crippen molar-refractivity contribution in [1.82, 2.24) is 0 Å². The van der Waals surface area contributed by atoms with Gasteiger partial charge in [0, 0.05) is 19.2 Å². The molecular formula is C13H19NO3. The normalized spacial score (nSPS) is 17.7. The van der Waals surface area contributed by atoms with E-state index in [0.717, 1.165) is 37.8 Å². The Bertz CT molecular complexity index is 389. The maximum Gasteiger partial charge on any atom is 0.371 e. The second-order valence-electron chi connectivity index (χ2n) is 5.01. The number of hydrogen-bond donors (Lipinski definition) is 1. The third-order valence-electron chi connectivity index (χ3n) is 3.60. The molecule has 0 spiro atoms. The average molecular weight is 237 g/mol. The summed E-state index contributed by atoms with van der Waals surface area (Å²) < 4.78 is 5.31. The summed E-state index contributed by atoms with van der Waals surface area (Å²) in [5, 5.41) is 8.80. The number of rotatable bonds is 3. The molecule has 1 N–H and O–H groups in total. The monoisotopic (exact) mass is 237 g/mol. The van der Waals surface area contributed by atoms with E-state index in [4.69, 9.17) is 9.52 Å². The lowest BCUT2D eigenvalue weighted by Gasteiger charge is -2.33. The smallest absolute Gasteiger partial charge is 0.371 e. The van der Waals surface area contributed by atoms with Crippen LogP contribution in [0.4, 0.5) is 5.88 Å². The molecule has 94 valence electrons. The molecule has 1 aromatic rings. The van der Waals surface area contributed by atoms with Gasteiger partial charge in [-0.2, -0.15) is 0 Å². The van der Waals surface area contributed by atoms with Crippen molar-refractivity contribution in [2.45, 2.75) is 26.7 Å². The summed E-state index contributed by atoms with van der Waals surface area (Å²) in [6.07, 6.45) is 2.31. The van der Waals surface area contributed by atoms with E-state index in [1.54, 1.807) is 6.07 Å². The van der Waals surface area contributed by atoms with E-state index in [1.807, 2.05) is 0 Å². The van der Waals surface area contributed by atoms with Gasteiger partial charge < -0.3 is 14.4 Å². The zero-order valence-electron chi connectivity index (χ0n) is 10.3. The highest BCUT2D eigenvalue weighted by molar-refractivity contribution is 5.84. The maximum atomic E-state index is 10.7. The first-order valence-electron chi connectivity index (χ1n) is 6.16. The highest BCUT2D eigenvalue weighted by Crippen LogP contribution is 2.28. The summed E-state index contributed by atoms with van der Waals surface area (Å²) in [6, 6.07) is 3.27. The maximum absolute atomic E-state index is 10.7. The number of furan rings is 1. The summed E-state index contributed by atoms with van der Waals surface area (Å²) in [6.45, 7) is 6.43. The Hall–Kier alpha value is -1.45. The van der Waals surface area contributed by atoms with E-state index in [1.165, 1.54) is 6.07 Å². The van der Waals surface area contributed by atoms with Gasteiger partial charge in [0.1, 0.15) is 0 Å². The average Bonchev–Trinajstić information content (AvgIpc) is 2.78. The van der Waals surface area contributed by atoms with Gasteiger partial charge in [0.25, 0.3) is 0 Å². The van der Waals surface area contributed by atoms with Crippen molar-refractivity contribution in [3.63, 3.8) is 0 Å². The fourth-order valence-electron chi connectivity index (χ4n) is 2.40. The van der Waals surface area contributed by atoms with Crippen LogP contribution < -0.4 is 4.90 Å². The Labute approximate surface area is 101 Å². The zero-order valence-corrected chi connectivity index (χ0v) is 10.3. The minimum atomic E-state index is -1.01. The van der Waals surface area contributed by atoms with E-state index in [2.05, 4.69) is 18.7 Å². The fourth-order valence-corrected chi connectivity index (χ4v) is 2.40. The number of piperidine rings is 1. The molecule has 0 atom stereocenters. The standard InChI is InChI=1S/C13H19NO3/c1-9(2)10-5-7-14(8-6-10)12-4-3-11(17-12)13(15)16/h3-4,9-10H,5-8H2,1-2H3,(H,15,16). The second-order valence-corrected chi connectivity index (χ2v) is 5.01. The predicted molar refractivity (Wildman–Crippen MR) is 65.4 cm³/mol. The number of carboxylic acids is 1. The van der Waals surface area contributed by atoms with Crippen LogP contribution in [0.25, 0.3) is 0 Å². The van der Waals surface area contributed by atoms with Crippen LogP contribution in [0.15, 0.2) is 16.5 Å². The first kappa shape index (κ1) is 12.0. The van der Waals surface area contributed by atoms with E-state index >= 15 is 0 Å². The van der Waals surface area contributed by atoms with Gasteiger partial charge in [0.15, 0.2) is 5.88 Å². The molecule has 1 fully saturated rings. The molecule has 4 nitrogen and oxygen atoms in total. The molecule has 0 radical (unpaired) electrons. The summed E-state index contributed by atoms with van der Waals surface area (Å²) in [5.74, 6) is 1.20. The first-order valence-corrected chi connectivity index (χ1v) is 6.16. The van der Waals surface area contributed by atoms with Gasteiger partial charge in [0.05, 0.1) is 0 Å². The summed E-state index contributed by atoms with van der Waals surface area (Å²) in [5.41, 5.74) is 0. The van der Waals surface area contributed by atoms with Gasteiger partial charge in [-0.25, -0.2) is 4.79 Å². The number of hydrogen-bond acceptors (Lipinski definition) is 3. The number of nitrogens with zero attached hydrogens (tertiary/aromatic N) is 1. The first-order chi connectivity index (χ1) is 8.08. The summed E-state index contributed by atoms with van der Waals surface area (Å²) >= 11 is 0. The Balaban J connectivity index is 1.98. The quantitative estimate of drug-likeness (QED) is 0.878. The van der Waals surface area contributed by atoms with Crippen LogP contribution in [0.2, 0.25) is 0 Å². The van der Waals surface area contributed by atoms with Gasteiger partial charge in [-0.3, -0.25) is 0 Å². The third-order valence-corrected chi connectivity index (χ3v) is 3.60. The van der Waals surface area contributed by atoms with Gasteiger partial charge in [0.2, 0.25) is 5.76 Å². The van der Waals surface area contributed by atoms with E-state index in [0.29, 0.717) is 5.88 Å². The molecule has 4 heteroatoms. The largest absolute Gasteiger partial charge is 0.475 e. The Kier molecular flexibility index (Phi) is 3.41. The molecular weight excluding hydrogens is 218 g/mol. The van der Waals surface area contributed by atoms with E-state index < -0.39 is 5.97 Å². The van der Waals surface area contributed by atoms with Crippen molar-refractivity contribution in [3.05, 3.63) is 17.9 Å². The van der Waals surface area contributed by atoms with Crippen molar-refractivity contribution in [2.24, 2.45) is 11.8 Å². The Morgan fingerprint density at radius 1 is 1.41 bits per heavy atom. The van der Waals surface area contributed by atoms with Crippen LogP contribution in [0.5, 0.6) is 0 Å². The molecule has 0 aliphatic carbocycles. The molecule has 0 aromatic carbocycles. The van der Waals surface area contributed by atoms with Crippen molar-refractivity contribution < 1.29 is 14.3 Å². The third kappa shape index (κ3) is 2.62. The van der Waals surface area contributed by atoms with Gasteiger partial charge in [-0.15, -0.1) is 0 Å². The molecule has 0 saturated carbocycles. The molecule has 1 aliphatic heterocycles. The summed E-state index contributed by atoms with van der Waals surface area (Å²) in [7, 11) is 0. The lowest BCUT2D eigenvalue weighted by molar-refractivity contribution is 0.0663. The van der Waals surface area contributed by atoms with Crippen LogP contribution in [0.3, 0.4) is 0 Å². The minimum absolute atomic E-state index is 0.0194. The molecule has 1 aromatic heterocycles. The number of aromatic carboxylic acids is 1. The Morgan fingerprint density at radius 3 is 2.53 bits per heavy atom. The zero-order chi connectivity index (χ0) is 12.4. The van der Waals surface area contributed by atoms with Crippen LogP contribution >= 0.6 is 0 Å². The highest BCUT2D eigenvalue weighted by atomic mass is 16.4. The number of carbonyl (C=O) groups is 1. The van der Waals surface area contributed by atoms with Crippen LogP contribution in [-0.4, -0.2) is 24.2 Å². The molecule has 0 amide bonds. The predicted octanol–water partition coefficient (Wildman–Crippen LogP) is 2.85. The topological polar surface area (TPSA) is 53.7 Å². The fraction of sp³-hybridized carbons (Fsp3) is 0.615. The van der Waals surface area contributed by atoms with Crippen molar-refractivity contribution >= 4 is 11.9 Å². The minimum Gasteiger partial charge on any atom is -0.475 e. The molecule has 2 rings (SSSR count). The van der Waals surface area contributed by atoms with Crippen LogP contribution in [0.1, 0.15) is 37.2 Å². The van der Waals surface area contributed by atoms with E-state index in [-0.39, 0.29) is 5.76 Å². The van der Waals surface area contributed by atoms with Gasteiger partial charge >= 0.3 is 5.97 Å². The van der Waals surface area contributed by atoms with Crippen molar-refractivity contribution in [3.8, 4) is 0 Å². The molecule has 0 bridgehead atoms. The molecule has 0 unspecified atom stereocenters. The lowest BCUT2D eigenvalue weighted by atomic mass is 9.87. The molecule has 1 aliphatic rings. The Morgan fingerprint density at radius 2 is 2.06 bits per heavy atom. The number of anilines is 1. The van der Waals surface area contributed by atoms with E-state index in [9.17, 15) is 4.79 Å². The van der Waals surface area contributed by atoms with Gasteiger partial charge in [-0.1, -0.05) is 13.8 Å². The molecule has 1 saturated heterocycles.